The van der Waals surface area contributed by atoms with Gasteiger partial charge in [0.2, 0.25) is 11.6 Å². The zero-order valence-corrected chi connectivity index (χ0v) is 17.5. The lowest BCUT2D eigenvalue weighted by Gasteiger charge is -2.18. The molecule has 3 rings (SSSR count). The van der Waals surface area contributed by atoms with Gasteiger partial charge < -0.3 is 5.73 Å². The summed E-state index contributed by atoms with van der Waals surface area (Å²) in [7, 11) is 0. The monoisotopic (exact) mass is 461 g/mol. The van der Waals surface area contributed by atoms with E-state index in [9.17, 15) is 4.79 Å². The van der Waals surface area contributed by atoms with Crippen LogP contribution >= 0.6 is 15.9 Å². The molecule has 12 heteroatoms. The second-order valence-corrected chi connectivity index (χ2v) is 6.81. The van der Waals surface area contributed by atoms with Gasteiger partial charge >= 0.3 is 0 Å². The van der Waals surface area contributed by atoms with Crippen molar-refractivity contribution in [2.24, 2.45) is 5.10 Å². The summed E-state index contributed by atoms with van der Waals surface area (Å²) in [6.45, 7) is 5.99. The highest BCUT2D eigenvalue weighted by atomic mass is 79.9. The number of halogens is 1. The molecule has 1 aromatic carbocycles. The molecule has 0 atom stereocenters. The van der Waals surface area contributed by atoms with E-state index in [0.29, 0.717) is 12.2 Å². The third kappa shape index (κ3) is 4.66. The summed E-state index contributed by atoms with van der Waals surface area (Å²) in [6, 6.07) is 7.51. The molecule has 2 aromatic heterocycles. The highest BCUT2D eigenvalue weighted by Gasteiger charge is 2.24. The predicted molar refractivity (Wildman–Crippen MR) is 109 cm³/mol. The summed E-state index contributed by atoms with van der Waals surface area (Å²) in [5.41, 5.74) is 9.70. The van der Waals surface area contributed by atoms with E-state index in [0.717, 1.165) is 23.1 Å². The zero-order valence-electron chi connectivity index (χ0n) is 15.9. The van der Waals surface area contributed by atoms with Crippen LogP contribution in [0.5, 0.6) is 0 Å². The first-order valence-electron chi connectivity index (χ1n) is 8.88. The molecule has 0 saturated carbocycles. The fraction of sp³-hybridized carbons (Fsp3) is 0.294. The van der Waals surface area contributed by atoms with E-state index in [-0.39, 0.29) is 17.3 Å². The topological polar surface area (TPSA) is 140 Å². The minimum absolute atomic E-state index is 0.0506. The first kappa shape index (κ1) is 20.6. The van der Waals surface area contributed by atoms with Gasteiger partial charge in [-0.05, 0) is 29.5 Å². The van der Waals surface area contributed by atoms with Crippen LogP contribution in [0.4, 0.5) is 5.82 Å². The maximum absolute atomic E-state index is 12.7. The van der Waals surface area contributed by atoms with Gasteiger partial charge in [-0.15, -0.1) is 5.10 Å². The Hall–Kier alpha value is -3.12. The summed E-state index contributed by atoms with van der Waals surface area (Å²) < 4.78 is 6.87. The van der Waals surface area contributed by atoms with Gasteiger partial charge in [0.15, 0.2) is 5.69 Å². The number of benzene rings is 1. The Morgan fingerprint density at radius 1 is 1.34 bits per heavy atom. The molecule has 0 aliphatic carbocycles. The van der Waals surface area contributed by atoms with Crippen LogP contribution in [-0.2, 0) is 6.54 Å². The minimum atomic E-state index is -0.503. The first-order chi connectivity index (χ1) is 14.0. The van der Waals surface area contributed by atoms with E-state index in [4.69, 9.17) is 5.73 Å². The first-order valence-corrected chi connectivity index (χ1v) is 9.67. The van der Waals surface area contributed by atoms with Crippen LogP contribution in [0, 0.1) is 0 Å². The number of nitrogens with one attached hydrogen (secondary N) is 1. The second kappa shape index (κ2) is 9.39. The minimum Gasteiger partial charge on any atom is -0.378 e. The molecular formula is C17H20BrN9O2. The van der Waals surface area contributed by atoms with Gasteiger partial charge in [0.25, 0.3) is 5.91 Å². The number of hydrogen-bond donors (Lipinski definition) is 2. The molecule has 0 spiro atoms. The van der Waals surface area contributed by atoms with Crippen LogP contribution in [0.2, 0.25) is 0 Å². The molecule has 152 valence electrons. The molecular weight excluding hydrogens is 442 g/mol. The van der Waals surface area contributed by atoms with Gasteiger partial charge in [-0.1, -0.05) is 53.2 Å². The number of nitrogens with two attached hydrogens (primary N) is 1. The maximum atomic E-state index is 12.7. The van der Waals surface area contributed by atoms with E-state index in [1.54, 1.807) is 0 Å². The van der Waals surface area contributed by atoms with Gasteiger partial charge in [0.05, 0.1) is 11.9 Å². The number of nitrogen functional groups attached to an aromatic ring is 1. The number of carbonyl (C=O) groups excluding carboxylic acids is 1. The van der Waals surface area contributed by atoms with Crippen LogP contribution in [-0.4, -0.2) is 55.4 Å². The van der Waals surface area contributed by atoms with Crippen LogP contribution in [0.3, 0.4) is 0 Å². The summed E-state index contributed by atoms with van der Waals surface area (Å²) in [5.74, 6) is -0.276. The van der Waals surface area contributed by atoms with E-state index >= 15 is 0 Å². The molecule has 3 N–H and O–H groups in total. The Balaban J connectivity index is 1.87. The van der Waals surface area contributed by atoms with E-state index in [1.807, 2.05) is 38.1 Å². The Labute approximate surface area is 175 Å². The fourth-order valence-corrected chi connectivity index (χ4v) is 2.97. The van der Waals surface area contributed by atoms with Crippen molar-refractivity contribution < 1.29 is 9.42 Å². The number of carbonyl (C=O) groups is 1. The number of aromatic nitrogens is 5. The molecule has 0 saturated heterocycles. The van der Waals surface area contributed by atoms with Gasteiger partial charge in [-0.2, -0.15) is 9.78 Å². The number of anilines is 1. The quantitative estimate of drug-likeness (QED) is 0.380. The third-order valence-corrected chi connectivity index (χ3v) is 4.94. The molecule has 29 heavy (non-hydrogen) atoms. The summed E-state index contributed by atoms with van der Waals surface area (Å²) >= 11 is 3.43. The smallest absolute Gasteiger partial charge is 0.293 e. The number of amides is 1. The third-order valence-electron chi connectivity index (χ3n) is 4.22. The Morgan fingerprint density at radius 2 is 2.10 bits per heavy atom. The van der Waals surface area contributed by atoms with Crippen molar-refractivity contribution in [3.05, 3.63) is 45.7 Å². The van der Waals surface area contributed by atoms with Gasteiger partial charge in [0.1, 0.15) is 0 Å². The van der Waals surface area contributed by atoms with Crippen molar-refractivity contribution >= 4 is 33.9 Å². The van der Waals surface area contributed by atoms with Gasteiger partial charge in [-0.3, -0.25) is 9.69 Å². The van der Waals surface area contributed by atoms with Crippen LogP contribution < -0.4 is 11.2 Å². The number of rotatable bonds is 8. The second-order valence-electron chi connectivity index (χ2n) is 5.95. The maximum Gasteiger partial charge on any atom is 0.293 e. The van der Waals surface area contributed by atoms with Crippen molar-refractivity contribution in [1.82, 2.24) is 35.6 Å². The van der Waals surface area contributed by atoms with E-state index in [1.165, 1.54) is 10.9 Å². The summed E-state index contributed by atoms with van der Waals surface area (Å²) in [4.78, 5) is 14.8. The number of hydrogen-bond acceptors (Lipinski definition) is 9. The summed E-state index contributed by atoms with van der Waals surface area (Å²) in [6.07, 6.45) is 1.54. The molecule has 0 aliphatic heterocycles. The van der Waals surface area contributed by atoms with Crippen LogP contribution in [0.25, 0.3) is 5.82 Å². The van der Waals surface area contributed by atoms with Crippen molar-refractivity contribution in [2.45, 2.75) is 20.4 Å². The average molecular weight is 462 g/mol. The van der Waals surface area contributed by atoms with Crippen LogP contribution in [0.1, 0.15) is 35.6 Å². The lowest BCUT2D eigenvalue weighted by atomic mass is 10.2. The van der Waals surface area contributed by atoms with Gasteiger partial charge in [-0.25, -0.2) is 10.1 Å². The molecule has 3 aromatic rings. The Bertz CT molecular complexity index is 1010. The highest BCUT2D eigenvalue weighted by molar-refractivity contribution is 9.10. The highest BCUT2D eigenvalue weighted by Crippen LogP contribution is 2.18. The lowest BCUT2D eigenvalue weighted by molar-refractivity contribution is 0.0948. The molecule has 11 nitrogen and oxygen atoms in total. The normalized spacial score (nSPS) is 11.4. The van der Waals surface area contributed by atoms with Crippen molar-refractivity contribution in [3.63, 3.8) is 0 Å². The largest absolute Gasteiger partial charge is 0.378 e. The number of hydrazone groups is 1. The van der Waals surface area contributed by atoms with Crippen molar-refractivity contribution in [3.8, 4) is 5.82 Å². The Morgan fingerprint density at radius 3 is 2.76 bits per heavy atom. The van der Waals surface area contributed by atoms with Gasteiger partial charge in [0, 0.05) is 16.6 Å². The Kier molecular flexibility index (Phi) is 6.67. The molecule has 0 fully saturated rings. The zero-order chi connectivity index (χ0) is 20.8. The fourth-order valence-electron chi connectivity index (χ4n) is 2.58. The predicted octanol–water partition coefficient (Wildman–Crippen LogP) is 1.60. The SMILES string of the molecule is CCN(CC)Cc1c(C(=O)N/N=C\c2ccccc2Br)nnn1-c1nonc1N. The van der Waals surface area contributed by atoms with E-state index < -0.39 is 5.91 Å². The molecule has 2 heterocycles. The molecule has 1 amide bonds. The van der Waals surface area contributed by atoms with Crippen molar-refractivity contribution in [1.29, 1.82) is 0 Å². The molecule has 0 radical (unpaired) electrons. The average Bonchev–Trinajstić information content (AvgIpc) is 3.33. The standard InChI is InChI=1S/C17H20BrN9O2/c1-3-26(4-2)10-13-14(21-25-27(13)16-15(19)23-29-24-16)17(28)22-20-9-11-7-5-6-8-12(11)18/h5-9H,3-4,10H2,1-2H3,(H2,19,23)(H,22,28)/b20-9-. The molecule has 0 bridgehead atoms. The summed E-state index contributed by atoms with van der Waals surface area (Å²) in [5, 5.41) is 19.4. The van der Waals surface area contributed by atoms with Crippen LogP contribution in [0.15, 0.2) is 38.5 Å². The number of nitrogens with zero attached hydrogens (tertiary/aromatic N) is 7. The van der Waals surface area contributed by atoms with Crippen molar-refractivity contribution in [2.75, 3.05) is 18.8 Å². The lowest BCUT2D eigenvalue weighted by Crippen LogP contribution is -2.27. The van der Waals surface area contributed by atoms with E-state index in [2.05, 4.69) is 56.6 Å². The molecule has 0 aliphatic rings. The molecule has 0 unspecified atom stereocenters.